The normalized spacial score (nSPS) is 13.8. The quantitative estimate of drug-likeness (QED) is 0.774. The third-order valence-electron chi connectivity index (χ3n) is 2.44. The van der Waals surface area contributed by atoms with Gasteiger partial charge in [0.15, 0.2) is 0 Å². The van der Waals surface area contributed by atoms with Gasteiger partial charge in [0.05, 0.1) is 17.9 Å². The summed E-state index contributed by atoms with van der Waals surface area (Å²) in [7, 11) is 0. The Kier molecular flexibility index (Phi) is 5.19. The van der Waals surface area contributed by atoms with Crippen molar-refractivity contribution in [1.29, 1.82) is 0 Å². The highest BCUT2D eigenvalue weighted by molar-refractivity contribution is 7.98. The first kappa shape index (κ1) is 12.9. The maximum Gasteiger partial charge on any atom is 0.0737 e. The second kappa shape index (κ2) is 6.43. The third kappa shape index (κ3) is 3.45. The Labute approximate surface area is 101 Å². The summed E-state index contributed by atoms with van der Waals surface area (Å²) >= 11 is 1.84. The predicted molar refractivity (Wildman–Crippen MR) is 72.6 cm³/mol. The standard InChI is InChI=1S/C12H19N3S/c1-4-5-10(2)12(6-7-16-3)15-9-11(13)8-14-15/h4-5,8-9,12H,1,6-7,13H2,2-3H3. The highest BCUT2D eigenvalue weighted by Gasteiger charge is 2.13. The average Bonchev–Trinajstić information content (AvgIpc) is 2.66. The molecule has 2 N–H and O–H groups in total. The molecule has 1 heterocycles. The van der Waals surface area contributed by atoms with Crippen molar-refractivity contribution in [2.75, 3.05) is 17.7 Å². The maximum absolute atomic E-state index is 5.69. The summed E-state index contributed by atoms with van der Waals surface area (Å²) in [6.07, 6.45) is 10.6. The highest BCUT2D eigenvalue weighted by Crippen LogP contribution is 2.23. The molecule has 16 heavy (non-hydrogen) atoms. The first-order valence-corrected chi connectivity index (χ1v) is 6.66. The Morgan fingerprint density at radius 1 is 1.75 bits per heavy atom. The molecule has 3 nitrogen and oxygen atoms in total. The van der Waals surface area contributed by atoms with E-state index >= 15 is 0 Å². The SMILES string of the molecule is C=CC=C(C)C(CCSC)n1cc(N)cn1. The van der Waals surface area contributed by atoms with Crippen LogP contribution in [-0.2, 0) is 0 Å². The molecule has 1 aromatic rings. The number of anilines is 1. The van der Waals surface area contributed by atoms with Crippen LogP contribution in [0.25, 0.3) is 0 Å². The van der Waals surface area contributed by atoms with E-state index in [-0.39, 0.29) is 6.04 Å². The van der Waals surface area contributed by atoms with Gasteiger partial charge in [0.25, 0.3) is 0 Å². The topological polar surface area (TPSA) is 43.8 Å². The lowest BCUT2D eigenvalue weighted by Gasteiger charge is -2.17. The van der Waals surface area contributed by atoms with Crippen molar-refractivity contribution in [3.63, 3.8) is 0 Å². The molecule has 0 amide bonds. The van der Waals surface area contributed by atoms with Crippen LogP contribution in [0.2, 0.25) is 0 Å². The molecule has 0 aliphatic carbocycles. The molecule has 88 valence electrons. The van der Waals surface area contributed by atoms with Crippen molar-refractivity contribution in [3.05, 3.63) is 36.7 Å². The molecule has 0 aromatic carbocycles. The fraction of sp³-hybridized carbons (Fsp3) is 0.417. The molecule has 0 saturated carbocycles. The number of nitrogens with zero attached hydrogens (tertiary/aromatic N) is 2. The van der Waals surface area contributed by atoms with Gasteiger partial charge in [0.2, 0.25) is 0 Å². The van der Waals surface area contributed by atoms with Crippen molar-refractivity contribution < 1.29 is 0 Å². The van der Waals surface area contributed by atoms with E-state index in [0.717, 1.165) is 12.2 Å². The number of hydrogen-bond donors (Lipinski definition) is 1. The lowest BCUT2D eigenvalue weighted by Crippen LogP contribution is -2.12. The van der Waals surface area contributed by atoms with Crippen LogP contribution in [-0.4, -0.2) is 21.8 Å². The summed E-state index contributed by atoms with van der Waals surface area (Å²) in [6.45, 7) is 5.83. The Bertz CT molecular complexity index is 368. The molecule has 0 aliphatic rings. The summed E-state index contributed by atoms with van der Waals surface area (Å²) in [6, 6.07) is 0.280. The first-order chi connectivity index (χ1) is 7.69. The molecule has 0 aliphatic heterocycles. The first-order valence-electron chi connectivity index (χ1n) is 5.26. The second-order valence-corrected chi connectivity index (χ2v) is 4.68. The lowest BCUT2D eigenvalue weighted by atomic mass is 10.1. The zero-order chi connectivity index (χ0) is 12.0. The molecule has 0 spiro atoms. The fourth-order valence-corrected chi connectivity index (χ4v) is 2.08. The molecular weight excluding hydrogens is 218 g/mol. The molecule has 1 aromatic heterocycles. The van der Waals surface area contributed by atoms with E-state index in [1.807, 2.05) is 34.8 Å². The molecule has 0 radical (unpaired) electrons. The summed E-state index contributed by atoms with van der Waals surface area (Å²) in [5, 5.41) is 4.28. The van der Waals surface area contributed by atoms with Gasteiger partial charge in [-0.25, -0.2) is 0 Å². The van der Waals surface area contributed by atoms with Gasteiger partial charge < -0.3 is 5.73 Å². The maximum atomic E-state index is 5.69. The lowest BCUT2D eigenvalue weighted by molar-refractivity contribution is 0.503. The predicted octanol–water partition coefficient (Wildman–Crippen LogP) is 2.89. The number of rotatable bonds is 6. The van der Waals surface area contributed by atoms with Crippen LogP contribution in [0.5, 0.6) is 0 Å². The highest BCUT2D eigenvalue weighted by atomic mass is 32.2. The monoisotopic (exact) mass is 237 g/mol. The number of allylic oxidation sites excluding steroid dienone is 3. The van der Waals surface area contributed by atoms with Crippen LogP contribution < -0.4 is 5.73 Å². The number of hydrogen-bond acceptors (Lipinski definition) is 3. The molecule has 0 fully saturated rings. The largest absolute Gasteiger partial charge is 0.396 e. The molecule has 1 atom stereocenters. The van der Waals surface area contributed by atoms with Crippen molar-refractivity contribution in [2.45, 2.75) is 19.4 Å². The molecule has 1 unspecified atom stereocenters. The van der Waals surface area contributed by atoms with Gasteiger partial charge in [0.1, 0.15) is 0 Å². The fourth-order valence-electron chi connectivity index (χ4n) is 1.62. The van der Waals surface area contributed by atoms with Crippen LogP contribution in [0.15, 0.2) is 36.7 Å². The minimum Gasteiger partial charge on any atom is -0.396 e. The van der Waals surface area contributed by atoms with Gasteiger partial charge in [-0.05, 0) is 30.9 Å². The third-order valence-corrected chi connectivity index (χ3v) is 3.09. The summed E-state index contributed by atoms with van der Waals surface area (Å²) in [5.41, 5.74) is 7.66. The molecule has 0 bridgehead atoms. The van der Waals surface area contributed by atoms with Crippen LogP contribution >= 0.6 is 11.8 Å². The molecule has 0 saturated heterocycles. The van der Waals surface area contributed by atoms with E-state index in [4.69, 9.17) is 5.73 Å². The minimum absolute atomic E-state index is 0.280. The number of nitrogens with two attached hydrogens (primary N) is 1. The van der Waals surface area contributed by atoms with Gasteiger partial charge in [-0.15, -0.1) is 0 Å². The Hall–Kier alpha value is -1.16. The Morgan fingerprint density at radius 3 is 3.00 bits per heavy atom. The van der Waals surface area contributed by atoms with Crippen LogP contribution in [0.1, 0.15) is 19.4 Å². The van der Waals surface area contributed by atoms with E-state index in [1.165, 1.54) is 5.57 Å². The molecule has 4 heteroatoms. The van der Waals surface area contributed by atoms with E-state index in [9.17, 15) is 0 Å². The van der Waals surface area contributed by atoms with Crippen LogP contribution in [0.4, 0.5) is 5.69 Å². The number of aromatic nitrogens is 2. The smallest absolute Gasteiger partial charge is 0.0737 e. The van der Waals surface area contributed by atoms with Gasteiger partial charge in [-0.1, -0.05) is 18.7 Å². The van der Waals surface area contributed by atoms with E-state index in [0.29, 0.717) is 5.69 Å². The van der Waals surface area contributed by atoms with Gasteiger partial charge in [-0.3, -0.25) is 4.68 Å². The van der Waals surface area contributed by atoms with Gasteiger partial charge >= 0.3 is 0 Å². The zero-order valence-corrected chi connectivity index (χ0v) is 10.7. The van der Waals surface area contributed by atoms with Crippen molar-refractivity contribution in [3.8, 4) is 0 Å². The summed E-state index contributed by atoms with van der Waals surface area (Å²) in [4.78, 5) is 0. The molecular formula is C12H19N3S. The van der Waals surface area contributed by atoms with Crippen molar-refractivity contribution >= 4 is 17.4 Å². The van der Waals surface area contributed by atoms with Crippen molar-refractivity contribution in [1.82, 2.24) is 9.78 Å². The second-order valence-electron chi connectivity index (χ2n) is 3.70. The van der Waals surface area contributed by atoms with E-state index in [1.54, 1.807) is 6.20 Å². The minimum atomic E-state index is 0.280. The summed E-state index contributed by atoms with van der Waals surface area (Å²) < 4.78 is 1.93. The van der Waals surface area contributed by atoms with Crippen LogP contribution in [0, 0.1) is 0 Å². The van der Waals surface area contributed by atoms with Gasteiger partial charge in [0, 0.05) is 6.20 Å². The van der Waals surface area contributed by atoms with E-state index < -0.39 is 0 Å². The molecule has 1 rings (SSSR count). The Morgan fingerprint density at radius 2 is 2.50 bits per heavy atom. The summed E-state index contributed by atoms with van der Waals surface area (Å²) in [5.74, 6) is 1.10. The average molecular weight is 237 g/mol. The van der Waals surface area contributed by atoms with E-state index in [2.05, 4.69) is 24.9 Å². The van der Waals surface area contributed by atoms with Gasteiger partial charge in [-0.2, -0.15) is 16.9 Å². The van der Waals surface area contributed by atoms with Crippen LogP contribution in [0.3, 0.4) is 0 Å². The number of nitrogen functional groups attached to an aromatic ring is 1. The Balaban J connectivity index is 2.86. The number of thioether (sulfide) groups is 1. The van der Waals surface area contributed by atoms with Crippen molar-refractivity contribution in [2.24, 2.45) is 0 Å². The zero-order valence-electron chi connectivity index (χ0n) is 9.89.